The summed E-state index contributed by atoms with van der Waals surface area (Å²) in [4.78, 5) is 12.0. The number of rotatable bonds is 1. The molecule has 0 radical (unpaired) electrons. The van der Waals surface area contributed by atoms with Gasteiger partial charge in [-0.1, -0.05) is 0 Å². The first-order valence-corrected chi connectivity index (χ1v) is 4.18. The van der Waals surface area contributed by atoms with Gasteiger partial charge in [0.25, 0.3) is 5.82 Å². The van der Waals surface area contributed by atoms with Crippen LogP contribution in [-0.4, -0.2) is 40.8 Å². The highest BCUT2D eigenvalue weighted by atomic mass is 16.5. The Morgan fingerprint density at radius 3 is 2.57 bits per heavy atom. The van der Waals surface area contributed by atoms with Crippen molar-refractivity contribution in [3.63, 3.8) is 0 Å². The van der Waals surface area contributed by atoms with Crippen molar-refractivity contribution in [2.45, 2.75) is 0 Å². The van der Waals surface area contributed by atoms with E-state index in [1.807, 2.05) is 21.1 Å². The number of nitrogens with zero attached hydrogens (tertiary/aromatic N) is 5. The summed E-state index contributed by atoms with van der Waals surface area (Å²) in [6.45, 7) is 0. The van der Waals surface area contributed by atoms with Crippen LogP contribution in [0.1, 0.15) is 0 Å². The maximum absolute atomic E-state index is 11.3. The van der Waals surface area contributed by atoms with Crippen LogP contribution < -0.4 is 4.48 Å². The van der Waals surface area contributed by atoms with E-state index in [4.69, 9.17) is 0 Å². The zero-order valence-electron chi connectivity index (χ0n) is 8.30. The Kier molecular flexibility index (Phi) is 1.68. The second-order valence-corrected chi connectivity index (χ2v) is 3.95. The smallest absolute Gasteiger partial charge is 0.258 e. The zero-order valence-corrected chi connectivity index (χ0v) is 8.30. The Bertz CT molecular complexity index is 430. The Hall–Kier alpha value is -1.69. The molecule has 0 unspecified atom stereocenters. The van der Waals surface area contributed by atoms with E-state index in [1.165, 1.54) is 12.7 Å². The van der Waals surface area contributed by atoms with Crippen molar-refractivity contribution in [2.75, 3.05) is 21.1 Å². The molecule has 0 atom stereocenters. The summed E-state index contributed by atoms with van der Waals surface area (Å²) in [7, 11) is 5.89. The molecule has 14 heavy (non-hydrogen) atoms. The summed E-state index contributed by atoms with van der Waals surface area (Å²) in [5.41, 5.74) is 0.565. The van der Waals surface area contributed by atoms with E-state index in [0.717, 1.165) is 5.82 Å². The van der Waals surface area contributed by atoms with Gasteiger partial charge in [-0.25, -0.2) is 9.97 Å². The van der Waals surface area contributed by atoms with Crippen LogP contribution in [0.25, 0.3) is 11.5 Å². The second kappa shape index (κ2) is 2.65. The minimum absolute atomic E-state index is 0.322. The Morgan fingerprint density at radius 2 is 1.93 bits per heavy atom. The lowest BCUT2D eigenvalue weighted by molar-refractivity contribution is 0.471. The van der Waals surface area contributed by atoms with Crippen LogP contribution in [0.4, 0.5) is 5.82 Å². The van der Waals surface area contributed by atoms with Crippen molar-refractivity contribution < 1.29 is 0 Å². The van der Waals surface area contributed by atoms with Crippen molar-refractivity contribution in [1.29, 1.82) is 0 Å². The lowest BCUT2D eigenvalue weighted by Crippen LogP contribution is -2.36. The van der Waals surface area contributed by atoms with Crippen LogP contribution in [0.5, 0.6) is 0 Å². The molecule has 0 fully saturated rings. The number of fused-ring (bicyclic) bond motifs is 1. The third-order valence-corrected chi connectivity index (χ3v) is 1.92. The predicted octanol–water partition coefficient (Wildman–Crippen LogP) is 0.321. The van der Waals surface area contributed by atoms with E-state index in [-0.39, 0.29) is 0 Å². The van der Waals surface area contributed by atoms with Crippen LogP contribution >= 0.6 is 0 Å². The number of imidazole rings is 1. The molecule has 0 aromatic heterocycles. The number of hydrogen-bond donors (Lipinski definition) is 0. The fourth-order valence-electron chi connectivity index (χ4n) is 1.29. The molecule has 0 saturated heterocycles. The third-order valence-electron chi connectivity index (χ3n) is 1.92. The van der Waals surface area contributed by atoms with Crippen LogP contribution in [0.2, 0.25) is 0 Å². The number of quaternary nitrogens is 1. The molecule has 0 bridgehead atoms. The van der Waals surface area contributed by atoms with Gasteiger partial charge in [-0.15, -0.1) is 0 Å². The maximum Gasteiger partial charge on any atom is 0.258 e. The van der Waals surface area contributed by atoms with Gasteiger partial charge >= 0.3 is 0 Å². The third kappa shape index (κ3) is 1.20. The van der Waals surface area contributed by atoms with Gasteiger partial charge in [0.1, 0.15) is 6.33 Å². The lowest BCUT2D eigenvalue weighted by Gasteiger charge is -2.25. The van der Waals surface area contributed by atoms with Crippen molar-refractivity contribution in [2.24, 2.45) is 0 Å². The normalized spacial score (nSPS) is 12.2. The standard InChI is InChI=1S/C8H11N5O/c1-13(2,3)8-6-7(10-4-9-6)12(14)5-11-8/h4-5H,1-3H3. The van der Waals surface area contributed by atoms with Gasteiger partial charge in [-0.3, -0.25) is 4.48 Å². The first-order chi connectivity index (χ1) is 6.50. The molecule has 0 N–H and O–H groups in total. The van der Waals surface area contributed by atoms with Crippen LogP contribution in [0.15, 0.2) is 12.7 Å². The minimum atomic E-state index is 0.322. The van der Waals surface area contributed by atoms with E-state index >= 15 is 0 Å². The van der Waals surface area contributed by atoms with Gasteiger partial charge in [0.15, 0.2) is 11.5 Å². The Balaban J connectivity index is 2.70. The van der Waals surface area contributed by atoms with Gasteiger partial charge in [-0.05, 0) is 0 Å². The van der Waals surface area contributed by atoms with Crippen molar-refractivity contribution >= 4 is 5.82 Å². The Labute approximate surface area is 81.4 Å². The van der Waals surface area contributed by atoms with Gasteiger partial charge in [0, 0.05) is 0 Å². The average Bonchev–Trinajstić information content (AvgIpc) is 2.50. The van der Waals surface area contributed by atoms with Gasteiger partial charge in [0.2, 0.25) is 0 Å². The number of aromatic nitrogens is 4. The monoisotopic (exact) mass is 193 g/mol. The lowest BCUT2D eigenvalue weighted by atomic mass is 10.3. The molecule has 2 aliphatic heterocycles. The summed E-state index contributed by atoms with van der Waals surface area (Å²) in [6.07, 6.45) is 2.59. The fraction of sp³-hybridized carbons (Fsp3) is 0.375. The van der Waals surface area contributed by atoms with E-state index < -0.39 is 0 Å². The molecular weight excluding hydrogens is 182 g/mol. The maximum atomic E-state index is 11.3. The molecule has 0 saturated carbocycles. The molecule has 2 heterocycles. The molecule has 6 nitrogen and oxygen atoms in total. The topological polar surface area (TPSA) is 66.7 Å². The minimum Gasteiger partial charge on any atom is -0.804 e. The molecule has 0 aliphatic carbocycles. The van der Waals surface area contributed by atoms with Gasteiger partial charge in [-0.2, -0.15) is 4.98 Å². The highest BCUT2D eigenvalue weighted by Crippen LogP contribution is 2.27. The molecule has 0 aromatic carbocycles. The van der Waals surface area contributed by atoms with Crippen LogP contribution in [0.3, 0.4) is 0 Å². The molecule has 6 heteroatoms. The molecule has 0 aromatic rings. The average molecular weight is 193 g/mol. The molecule has 74 valence electrons. The fourth-order valence-corrected chi connectivity index (χ4v) is 1.29. The van der Waals surface area contributed by atoms with Crippen LogP contribution in [-0.2, 0) is 0 Å². The SMILES string of the molecule is C[N+](C)(C)c1ncn([O-])c2ncnc1-2. The van der Waals surface area contributed by atoms with E-state index in [0.29, 0.717) is 20.7 Å². The number of hydrogen-bond acceptors (Lipinski definition) is 4. The highest BCUT2D eigenvalue weighted by Gasteiger charge is 2.24. The zero-order chi connectivity index (χ0) is 10.3. The van der Waals surface area contributed by atoms with Gasteiger partial charge in [0.05, 0.1) is 27.5 Å². The summed E-state index contributed by atoms with van der Waals surface area (Å²) >= 11 is 0. The summed E-state index contributed by atoms with van der Waals surface area (Å²) in [5.74, 6) is 1.06. The quantitative estimate of drug-likeness (QED) is 0.612. The summed E-state index contributed by atoms with van der Waals surface area (Å²) < 4.78 is 1.14. The van der Waals surface area contributed by atoms with E-state index in [1.54, 1.807) is 0 Å². The van der Waals surface area contributed by atoms with E-state index in [2.05, 4.69) is 15.0 Å². The molecule has 2 aliphatic rings. The van der Waals surface area contributed by atoms with Crippen LogP contribution in [0, 0.1) is 5.21 Å². The first-order valence-electron chi connectivity index (χ1n) is 4.18. The summed E-state index contributed by atoms with van der Waals surface area (Å²) in [6, 6.07) is 0. The molecule has 0 spiro atoms. The molecule has 0 amide bonds. The van der Waals surface area contributed by atoms with Crippen molar-refractivity contribution in [3.8, 4) is 11.5 Å². The second-order valence-electron chi connectivity index (χ2n) is 3.95. The van der Waals surface area contributed by atoms with Crippen molar-refractivity contribution in [3.05, 3.63) is 17.9 Å². The first kappa shape index (κ1) is 8.89. The van der Waals surface area contributed by atoms with E-state index in [9.17, 15) is 5.21 Å². The highest BCUT2D eigenvalue weighted by molar-refractivity contribution is 5.65. The predicted molar refractivity (Wildman–Crippen MR) is 52.8 cm³/mol. The summed E-state index contributed by atoms with van der Waals surface area (Å²) in [5, 5.41) is 11.3. The van der Waals surface area contributed by atoms with Gasteiger partial charge < -0.3 is 9.94 Å². The largest absolute Gasteiger partial charge is 0.804 e. The molecule has 2 rings (SSSR count). The molecular formula is C8H11N5O. The Morgan fingerprint density at radius 1 is 1.21 bits per heavy atom. The van der Waals surface area contributed by atoms with Crippen molar-refractivity contribution in [1.82, 2.24) is 24.2 Å².